The van der Waals surface area contributed by atoms with Crippen LogP contribution in [0, 0.1) is 6.92 Å². The Hall–Kier alpha value is -3.04. The molecule has 0 radical (unpaired) electrons. The minimum atomic E-state index is -3.66. The van der Waals surface area contributed by atoms with Gasteiger partial charge in [-0.3, -0.25) is 9.36 Å². The number of nitrogens with one attached hydrogen (secondary N) is 1. The SMILES string of the molecule is Cc1nccn1-c1cc(CNC(=O)c2cccc(S(=O)(=O)N(C)C3CCCCC3)c2)ccn1. The minimum Gasteiger partial charge on any atom is -0.348 e. The molecular weight excluding hydrogens is 438 g/mol. The fourth-order valence-corrected chi connectivity index (χ4v) is 5.67. The van der Waals surface area contributed by atoms with Crippen LogP contribution in [0.5, 0.6) is 0 Å². The van der Waals surface area contributed by atoms with Crippen molar-refractivity contribution in [1.29, 1.82) is 0 Å². The fraction of sp³-hybridized carbons (Fsp3) is 0.375. The first-order valence-electron chi connectivity index (χ1n) is 11.2. The molecule has 9 heteroatoms. The molecule has 0 atom stereocenters. The number of imidazole rings is 1. The molecule has 2 aromatic heterocycles. The summed E-state index contributed by atoms with van der Waals surface area (Å²) in [5.74, 6) is 1.21. The van der Waals surface area contributed by atoms with Crippen molar-refractivity contribution >= 4 is 15.9 Å². The Morgan fingerprint density at radius 2 is 1.91 bits per heavy atom. The van der Waals surface area contributed by atoms with E-state index in [-0.39, 0.29) is 16.8 Å². The van der Waals surface area contributed by atoms with Crippen molar-refractivity contribution in [3.05, 3.63) is 71.9 Å². The number of pyridine rings is 1. The molecule has 33 heavy (non-hydrogen) atoms. The number of sulfonamides is 1. The molecule has 0 aliphatic heterocycles. The smallest absolute Gasteiger partial charge is 0.251 e. The van der Waals surface area contributed by atoms with E-state index in [1.807, 2.05) is 29.8 Å². The van der Waals surface area contributed by atoms with Crippen molar-refractivity contribution in [3.63, 3.8) is 0 Å². The van der Waals surface area contributed by atoms with Crippen LogP contribution in [0.1, 0.15) is 53.8 Å². The Kier molecular flexibility index (Phi) is 6.90. The van der Waals surface area contributed by atoms with E-state index >= 15 is 0 Å². The third-order valence-electron chi connectivity index (χ3n) is 6.20. The first-order chi connectivity index (χ1) is 15.9. The molecule has 1 aromatic carbocycles. The summed E-state index contributed by atoms with van der Waals surface area (Å²) < 4.78 is 29.6. The Labute approximate surface area is 194 Å². The number of aryl methyl sites for hydroxylation is 1. The number of benzene rings is 1. The molecule has 0 spiro atoms. The van der Waals surface area contributed by atoms with Gasteiger partial charge < -0.3 is 5.32 Å². The van der Waals surface area contributed by atoms with Gasteiger partial charge in [0.15, 0.2) is 0 Å². The Morgan fingerprint density at radius 3 is 2.64 bits per heavy atom. The van der Waals surface area contributed by atoms with Gasteiger partial charge in [0, 0.05) is 43.8 Å². The average Bonchev–Trinajstić information content (AvgIpc) is 3.28. The number of hydrogen-bond donors (Lipinski definition) is 1. The molecule has 2 heterocycles. The van der Waals surface area contributed by atoms with E-state index in [4.69, 9.17) is 0 Å². The molecule has 3 aromatic rings. The van der Waals surface area contributed by atoms with Gasteiger partial charge >= 0.3 is 0 Å². The zero-order valence-electron chi connectivity index (χ0n) is 18.9. The summed E-state index contributed by atoms with van der Waals surface area (Å²) in [6.07, 6.45) is 10.2. The summed E-state index contributed by atoms with van der Waals surface area (Å²) in [4.78, 5) is 21.5. The van der Waals surface area contributed by atoms with Gasteiger partial charge in [-0.15, -0.1) is 0 Å². The quantitative estimate of drug-likeness (QED) is 0.574. The predicted octanol–water partition coefficient (Wildman–Crippen LogP) is 3.46. The molecule has 0 saturated heterocycles. The van der Waals surface area contributed by atoms with Crippen molar-refractivity contribution in [2.24, 2.45) is 0 Å². The monoisotopic (exact) mass is 467 g/mol. The highest BCUT2D eigenvalue weighted by molar-refractivity contribution is 7.89. The van der Waals surface area contributed by atoms with Crippen molar-refractivity contribution in [3.8, 4) is 5.82 Å². The summed E-state index contributed by atoms with van der Waals surface area (Å²) in [6.45, 7) is 2.18. The number of hydrogen-bond acceptors (Lipinski definition) is 5. The topological polar surface area (TPSA) is 97.2 Å². The van der Waals surface area contributed by atoms with E-state index in [1.165, 1.54) is 10.4 Å². The first kappa shape index (κ1) is 23.1. The molecule has 0 unspecified atom stereocenters. The largest absolute Gasteiger partial charge is 0.348 e. The normalized spacial score (nSPS) is 15.0. The maximum absolute atomic E-state index is 13.1. The van der Waals surface area contributed by atoms with Crippen LogP contribution in [0.2, 0.25) is 0 Å². The van der Waals surface area contributed by atoms with Crippen molar-refractivity contribution < 1.29 is 13.2 Å². The summed E-state index contributed by atoms with van der Waals surface area (Å²) >= 11 is 0. The Bertz CT molecular complexity index is 1230. The van der Waals surface area contributed by atoms with Gasteiger partial charge in [0.2, 0.25) is 10.0 Å². The van der Waals surface area contributed by atoms with Crippen molar-refractivity contribution in [1.82, 2.24) is 24.2 Å². The second-order valence-corrected chi connectivity index (χ2v) is 10.4. The van der Waals surface area contributed by atoms with E-state index < -0.39 is 10.0 Å². The predicted molar refractivity (Wildman–Crippen MR) is 126 cm³/mol. The Morgan fingerprint density at radius 1 is 1.12 bits per heavy atom. The summed E-state index contributed by atoms with van der Waals surface area (Å²) in [5, 5.41) is 2.87. The fourth-order valence-electron chi connectivity index (χ4n) is 4.21. The van der Waals surface area contributed by atoms with Crippen LogP contribution in [0.3, 0.4) is 0 Å². The molecular formula is C24H29N5O3S. The van der Waals surface area contributed by atoms with Gasteiger partial charge in [0.1, 0.15) is 11.6 Å². The maximum atomic E-state index is 13.1. The summed E-state index contributed by atoms with van der Waals surface area (Å²) in [6, 6.07) is 9.97. The van der Waals surface area contributed by atoms with Crippen molar-refractivity contribution in [2.75, 3.05) is 7.05 Å². The van der Waals surface area contributed by atoms with Crippen LogP contribution in [0.4, 0.5) is 0 Å². The van der Waals surface area contributed by atoms with Gasteiger partial charge in [-0.2, -0.15) is 4.31 Å². The molecule has 1 amide bonds. The molecule has 4 rings (SSSR count). The zero-order chi connectivity index (χ0) is 23.4. The van der Waals surface area contributed by atoms with Crippen LogP contribution >= 0.6 is 0 Å². The number of nitrogens with zero attached hydrogens (tertiary/aromatic N) is 4. The van der Waals surface area contributed by atoms with Crippen LogP contribution in [-0.4, -0.2) is 46.3 Å². The average molecular weight is 468 g/mol. The van der Waals surface area contributed by atoms with E-state index in [0.717, 1.165) is 49.3 Å². The first-order valence-corrected chi connectivity index (χ1v) is 12.6. The number of rotatable bonds is 7. The maximum Gasteiger partial charge on any atom is 0.251 e. The molecule has 0 bridgehead atoms. The minimum absolute atomic E-state index is 0.0150. The van der Waals surface area contributed by atoms with Crippen LogP contribution < -0.4 is 5.32 Å². The molecule has 1 saturated carbocycles. The second kappa shape index (κ2) is 9.84. The lowest BCUT2D eigenvalue weighted by Crippen LogP contribution is -2.38. The lowest BCUT2D eigenvalue weighted by Gasteiger charge is -2.30. The van der Waals surface area contributed by atoms with Gasteiger partial charge in [-0.25, -0.2) is 18.4 Å². The number of aromatic nitrogens is 3. The third kappa shape index (κ3) is 5.15. The van der Waals surface area contributed by atoms with E-state index in [2.05, 4.69) is 15.3 Å². The molecule has 1 aliphatic rings. The van der Waals surface area contributed by atoms with Gasteiger partial charge in [0.05, 0.1) is 4.90 Å². The lowest BCUT2D eigenvalue weighted by molar-refractivity contribution is 0.0950. The number of carbonyl (C=O) groups is 1. The zero-order valence-corrected chi connectivity index (χ0v) is 19.8. The number of carbonyl (C=O) groups excluding carboxylic acids is 1. The number of amides is 1. The van der Waals surface area contributed by atoms with Gasteiger partial charge in [-0.1, -0.05) is 25.3 Å². The van der Waals surface area contributed by atoms with E-state index in [9.17, 15) is 13.2 Å². The summed E-state index contributed by atoms with van der Waals surface area (Å²) in [5.41, 5.74) is 1.19. The molecule has 1 N–H and O–H groups in total. The molecule has 8 nitrogen and oxygen atoms in total. The van der Waals surface area contributed by atoms with Gasteiger partial charge in [-0.05, 0) is 55.7 Å². The standard InChI is InChI=1S/C24H29N5O3S/c1-18-25-13-14-29(18)23-15-19(11-12-26-23)17-27-24(30)20-7-6-10-22(16-20)33(31,32)28(2)21-8-4-3-5-9-21/h6-7,10-16,21H,3-5,8-9,17H2,1-2H3,(H,27,30). The molecule has 1 aliphatic carbocycles. The van der Waals surface area contributed by atoms with E-state index in [1.54, 1.807) is 37.6 Å². The Balaban J connectivity index is 1.45. The third-order valence-corrected chi connectivity index (χ3v) is 8.10. The highest BCUT2D eigenvalue weighted by Crippen LogP contribution is 2.26. The molecule has 174 valence electrons. The van der Waals surface area contributed by atoms with Crippen LogP contribution in [0.15, 0.2) is 59.9 Å². The lowest BCUT2D eigenvalue weighted by atomic mass is 9.96. The highest BCUT2D eigenvalue weighted by Gasteiger charge is 2.29. The van der Waals surface area contributed by atoms with Crippen LogP contribution in [-0.2, 0) is 16.6 Å². The van der Waals surface area contributed by atoms with Crippen molar-refractivity contribution in [2.45, 2.75) is 56.5 Å². The molecule has 1 fully saturated rings. The highest BCUT2D eigenvalue weighted by atomic mass is 32.2. The summed E-state index contributed by atoms with van der Waals surface area (Å²) in [7, 11) is -2.02. The van der Waals surface area contributed by atoms with Crippen LogP contribution in [0.25, 0.3) is 5.82 Å². The van der Waals surface area contributed by atoms with E-state index in [0.29, 0.717) is 12.1 Å². The van der Waals surface area contributed by atoms with Gasteiger partial charge in [0.25, 0.3) is 5.91 Å². The second-order valence-electron chi connectivity index (χ2n) is 8.39.